The summed E-state index contributed by atoms with van der Waals surface area (Å²) in [4.78, 5) is 0. The molecule has 0 aliphatic carbocycles. The van der Waals surface area contributed by atoms with Crippen LogP contribution in [0.4, 0.5) is 4.39 Å². The topological polar surface area (TPSA) is 29.5 Å². The summed E-state index contributed by atoms with van der Waals surface area (Å²) in [6, 6.07) is 4.04. The first-order chi connectivity index (χ1) is 8.16. The van der Waals surface area contributed by atoms with E-state index in [1.165, 1.54) is 18.2 Å². The molecule has 1 fully saturated rings. The predicted molar refractivity (Wildman–Crippen MR) is 64.6 cm³/mol. The minimum Gasteiger partial charge on any atom is -0.388 e. The van der Waals surface area contributed by atoms with Crippen LogP contribution in [-0.4, -0.2) is 17.8 Å². The molecule has 1 saturated heterocycles. The highest BCUT2D eigenvalue weighted by molar-refractivity contribution is 6.31. The first kappa shape index (κ1) is 12.8. The second-order valence-electron chi connectivity index (χ2n) is 4.41. The Morgan fingerprint density at radius 2 is 2.29 bits per heavy atom. The molecular weight excluding hydrogens is 243 g/mol. The maximum Gasteiger partial charge on any atom is 0.123 e. The first-order valence-corrected chi connectivity index (χ1v) is 6.29. The van der Waals surface area contributed by atoms with Gasteiger partial charge in [-0.25, -0.2) is 4.39 Å². The van der Waals surface area contributed by atoms with E-state index in [9.17, 15) is 9.50 Å². The van der Waals surface area contributed by atoms with Gasteiger partial charge in [0.25, 0.3) is 0 Å². The molecule has 2 unspecified atom stereocenters. The molecule has 2 atom stereocenters. The Bertz CT molecular complexity index is 378. The highest BCUT2D eigenvalue weighted by atomic mass is 35.5. The lowest BCUT2D eigenvalue weighted by Crippen LogP contribution is -2.21. The number of halogens is 2. The monoisotopic (exact) mass is 258 g/mol. The SMILES string of the molecule is OC(CC1CCCCO1)c1cc(F)ccc1Cl. The molecule has 0 spiro atoms. The van der Waals surface area contributed by atoms with E-state index in [0.29, 0.717) is 17.0 Å². The van der Waals surface area contributed by atoms with Gasteiger partial charge >= 0.3 is 0 Å². The Morgan fingerprint density at radius 1 is 1.47 bits per heavy atom. The molecule has 1 aromatic rings. The van der Waals surface area contributed by atoms with E-state index in [4.69, 9.17) is 16.3 Å². The van der Waals surface area contributed by atoms with Gasteiger partial charge < -0.3 is 9.84 Å². The maximum atomic E-state index is 13.1. The van der Waals surface area contributed by atoms with Crippen molar-refractivity contribution >= 4 is 11.6 Å². The molecule has 1 N–H and O–H groups in total. The number of ether oxygens (including phenoxy) is 1. The average Bonchev–Trinajstić information content (AvgIpc) is 2.33. The van der Waals surface area contributed by atoms with Crippen molar-refractivity contribution in [1.82, 2.24) is 0 Å². The lowest BCUT2D eigenvalue weighted by atomic mass is 9.99. The van der Waals surface area contributed by atoms with Crippen LogP contribution in [0.1, 0.15) is 37.4 Å². The van der Waals surface area contributed by atoms with E-state index in [1.807, 2.05) is 0 Å². The lowest BCUT2D eigenvalue weighted by Gasteiger charge is -2.25. The Labute approximate surface area is 105 Å². The summed E-state index contributed by atoms with van der Waals surface area (Å²) in [5.74, 6) is -0.381. The van der Waals surface area contributed by atoms with Crippen LogP contribution in [0.3, 0.4) is 0 Å². The summed E-state index contributed by atoms with van der Waals surface area (Å²) in [6.45, 7) is 0.744. The molecule has 0 saturated carbocycles. The summed E-state index contributed by atoms with van der Waals surface area (Å²) < 4.78 is 18.6. The molecule has 0 amide bonds. The van der Waals surface area contributed by atoms with Crippen molar-refractivity contribution in [1.29, 1.82) is 0 Å². The quantitative estimate of drug-likeness (QED) is 0.900. The molecule has 0 aromatic heterocycles. The molecule has 1 aliphatic heterocycles. The van der Waals surface area contributed by atoms with Crippen LogP contribution in [0.25, 0.3) is 0 Å². The highest BCUT2D eigenvalue weighted by Gasteiger charge is 2.21. The molecule has 17 heavy (non-hydrogen) atoms. The smallest absolute Gasteiger partial charge is 0.123 e. The number of hydrogen-bond donors (Lipinski definition) is 1. The number of hydrogen-bond acceptors (Lipinski definition) is 2. The van der Waals surface area contributed by atoms with Gasteiger partial charge in [-0.2, -0.15) is 0 Å². The summed E-state index contributed by atoms with van der Waals surface area (Å²) >= 11 is 5.94. The molecule has 0 bridgehead atoms. The minimum absolute atomic E-state index is 0.0538. The van der Waals surface area contributed by atoms with E-state index in [1.54, 1.807) is 0 Å². The molecule has 94 valence electrons. The van der Waals surface area contributed by atoms with Gasteiger partial charge in [0.15, 0.2) is 0 Å². The van der Waals surface area contributed by atoms with Gasteiger partial charge in [-0.15, -0.1) is 0 Å². The van der Waals surface area contributed by atoms with Crippen LogP contribution in [0, 0.1) is 5.82 Å². The molecule has 2 rings (SSSR count). The Balaban J connectivity index is 2.02. The van der Waals surface area contributed by atoms with Gasteiger partial charge in [-0.3, -0.25) is 0 Å². The fraction of sp³-hybridized carbons (Fsp3) is 0.538. The van der Waals surface area contributed by atoms with Crippen molar-refractivity contribution in [3.8, 4) is 0 Å². The Morgan fingerprint density at radius 3 is 3.00 bits per heavy atom. The standard InChI is InChI=1S/C13H16ClFO2/c14-12-5-4-9(15)7-11(12)13(16)8-10-3-1-2-6-17-10/h4-5,7,10,13,16H,1-3,6,8H2. The van der Waals surface area contributed by atoms with E-state index in [-0.39, 0.29) is 11.9 Å². The zero-order chi connectivity index (χ0) is 12.3. The van der Waals surface area contributed by atoms with Gasteiger partial charge in [0.1, 0.15) is 5.82 Å². The van der Waals surface area contributed by atoms with Crippen molar-refractivity contribution in [3.63, 3.8) is 0 Å². The highest BCUT2D eigenvalue weighted by Crippen LogP contribution is 2.29. The molecule has 2 nitrogen and oxygen atoms in total. The van der Waals surface area contributed by atoms with Crippen LogP contribution in [0.5, 0.6) is 0 Å². The van der Waals surface area contributed by atoms with E-state index in [2.05, 4.69) is 0 Å². The third-order valence-electron chi connectivity index (χ3n) is 3.08. The van der Waals surface area contributed by atoms with Crippen LogP contribution in [0.15, 0.2) is 18.2 Å². The summed E-state index contributed by atoms with van der Waals surface area (Å²) in [5, 5.41) is 10.4. The van der Waals surface area contributed by atoms with Gasteiger partial charge in [0.2, 0.25) is 0 Å². The maximum absolute atomic E-state index is 13.1. The van der Waals surface area contributed by atoms with E-state index in [0.717, 1.165) is 25.9 Å². The van der Waals surface area contributed by atoms with Crippen molar-refractivity contribution in [2.75, 3.05) is 6.61 Å². The number of benzene rings is 1. The average molecular weight is 259 g/mol. The lowest BCUT2D eigenvalue weighted by molar-refractivity contribution is -0.0155. The van der Waals surface area contributed by atoms with Crippen molar-refractivity contribution in [3.05, 3.63) is 34.6 Å². The van der Waals surface area contributed by atoms with Crippen LogP contribution < -0.4 is 0 Å². The zero-order valence-electron chi connectivity index (χ0n) is 9.53. The number of aliphatic hydroxyl groups is 1. The minimum atomic E-state index is -0.763. The largest absolute Gasteiger partial charge is 0.388 e. The number of aliphatic hydroxyl groups excluding tert-OH is 1. The van der Waals surface area contributed by atoms with E-state index >= 15 is 0 Å². The third kappa shape index (κ3) is 3.41. The summed E-state index contributed by atoms with van der Waals surface area (Å²) in [7, 11) is 0. The molecule has 0 radical (unpaired) electrons. The zero-order valence-corrected chi connectivity index (χ0v) is 10.3. The molecule has 1 aliphatic rings. The molecule has 1 aromatic carbocycles. The normalized spacial score (nSPS) is 22.4. The molecular formula is C13H16ClFO2. The van der Waals surface area contributed by atoms with Crippen molar-refractivity contribution in [2.24, 2.45) is 0 Å². The fourth-order valence-electron chi connectivity index (χ4n) is 2.14. The first-order valence-electron chi connectivity index (χ1n) is 5.91. The summed E-state index contributed by atoms with van der Waals surface area (Å²) in [6.07, 6.45) is 2.91. The van der Waals surface area contributed by atoms with Crippen molar-refractivity contribution in [2.45, 2.75) is 37.9 Å². The third-order valence-corrected chi connectivity index (χ3v) is 3.42. The Hall–Kier alpha value is -0.640. The van der Waals surface area contributed by atoms with Crippen LogP contribution >= 0.6 is 11.6 Å². The second-order valence-corrected chi connectivity index (χ2v) is 4.81. The van der Waals surface area contributed by atoms with Gasteiger partial charge in [-0.1, -0.05) is 11.6 Å². The van der Waals surface area contributed by atoms with Gasteiger partial charge in [0, 0.05) is 23.6 Å². The van der Waals surface area contributed by atoms with Crippen molar-refractivity contribution < 1.29 is 14.2 Å². The van der Waals surface area contributed by atoms with E-state index < -0.39 is 6.10 Å². The number of rotatable bonds is 3. The van der Waals surface area contributed by atoms with Gasteiger partial charge in [-0.05, 0) is 37.5 Å². The molecule has 4 heteroatoms. The predicted octanol–water partition coefficient (Wildman–Crippen LogP) is 3.47. The summed E-state index contributed by atoms with van der Waals surface area (Å²) in [5.41, 5.74) is 0.445. The Kier molecular flexibility index (Phi) is 4.37. The second kappa shape index (κ2) is 5.80. The van der Waals surface area contributed by atoms with Crippen LogP contribution in [-0.2, 0) is 4.74 Å². The fourth-order valence-corrected chi connectivity index (χ4v) is 2.38. The molecule has 1 heterocycles. The van der Waals surface area contributed by atoms with Gasteiger partial charge in [0.05, 0.1) is 12.2 Å². The van der Waals surface area contributed by atoms with Crippen LogP contribution in [0.2, 0.25) is 5.02 Å².